The van der Waals surface area contributed by atoms with Crippen LogP contribution in [0.4, 0.5) is 0 Å². The second-order valence-electron chi connectivity index (χ2n) is 5.94. The molecule has 164 valence electrons. The Labute approximate surface area is 179 Å². The quantitative estimate of drug-likeness (QED) is 0.289. The van der Waals surface area contributed by atoms with Crippen molar-refractivity contribution in [1.82, 2.24) is 15.1 Å². The first kappa shape index (κ1) is 25.3. The molecule has 0 bridgehead atoms. The lowest BCUT2D eigenvalue weighted by molar-refractivity contribution is -0.150. The third-order valence-electron chi connectivity index (χ3n) is 3.63. The molecule has 1 aliphatic rings. The summed E-state index contributed by atoms with van der Waals surface area (Å²) in [7, 11) is 0. The van der Waals surface area contributed by atoms with Crippen LogP contribution in [0.25, 0.3) is 0 Å². The molecule has 1 aliphatic heterocycles. The molecule has 0 aromatic heterocycles. The maximum Gasteiger partial charge on any atom is 0.332 e. The number of carbonyl (C=O) groups is 4. The highest BCUT2D eigenvalue weighted by Crippen LogP contribution is 2.18. The maximum absolute atomic E-state index is 12.4. The minimum absolute atomic E-state index is 0.0237. The van der Waals surface area contributed by atoms with Crippen LogP contribution in [0, 0.1) is 0 Å². The van der Waals surface area contributed by atoms with E-state index in [9.17, 15) is 19.2 Å². The zero-order chi connectivity index (χ0) is 21.6. The van der Waals surface area contributed by atoms with Crippen molar-refractivity contribution >= 4 is 52.1 Å². The number of thiocarbonyl (C=S) groups is 1. The van der Waals surface area contributed by atoms with Crippen molar-refractivity contribution < 1.29 is 33.4 Å². The number of amides is 2. The van der Waals surface area contributed by atoms with Crippen molar-refractivity contribution in [3.8, 4) is 0 Å². The molecule has 10 nitrogen and oxygen atoms in total. The summed E-state index contributed by atoms with van der Waals surface area (Å²) >= 11 is 6.61. The first-order valence-electron chi connectivity index (χ1n) is 9.16. The van der Waals surface area contributed by atoms with Crippen molar-refractivity contribution in [1.29, 1.82) is 0 Å². The SMILES string of the molecule is CCNC(=O)COCC(=O)OCCN(CCOC(C)=O)CC(=O)N1CCSC1=S. The van der Waals surface area contributed by atoms with Gasteiger partial charge in [0.2, 0.25) is 11.8 Å². The molecule has 0 aliphatic carbocycles. The highest BCUT2D eigenvalue weighted by atomic mass is 32.2. The standard InChI is InChI=1S/C17H27N3O7S2/c1-3-18-14(22)11-25-12-16(24)27-8-5-19(4-7-26-13(2)21)10-15(23)20-6-9-29-17(20)28/h3-12H2,1-2H3,(H,18,22). The summed E-state index contributed by atoms with van der Waals surface area (Å²) in [5.74, 6) is -0.721. The molecule has 0 saturated carbocycles. The lowest BCUT2D eigenvalue weighted by Gasteiger charge is -2.24. The zero-order valence-electron chi connectivity index (χ0n) is 16.6. The summed E-state index contributed by atoms with van der Waals surface area (Å²) in [4.78, 5) is 49.6. The van der Waals surface area contributed by atoms with Crippen LogP contribution < -0.4 is 5.32 Å². The van der Waals surface area contributed by atoms with Gasteiger partial charge in [0.1, 0.15) is 30.7 Å². The Balaban J connectivity index is 2.38. The zero-order valence-corrected chi connectivity index (χ0v) is 18.3. The number of carbonyl (C=O) groups excluding carboxylic acids is 4. The largest absolute Gasteiger partial charge is 0.465 e. The summed E-state index contributed by atoms with van der Waals surface area (Å²) in [6.45, 7) is 4.34. The molecular weight excluding hydrogens is 422 g/mol. The number of rotatable bonds is 13. The van der Waals surface area contributed by atoms with E-state index < -0.39 is 11.9 Å². The Morgan fingerprint density at radius 1 is 1.17 bits per heavy atom. The van der Waals surface area contributed by atoms with Crippen molar-refractivity contribution in [3.63, 3.8) is 0 Å². The second-order valence-corrected chi connectivity index (χ2v) is 7.67. The first-order chi connectivity index (χ1) is 13.8. The summed E-state index contributed by atoms with van der Waals surface area (Å²) in [6, 6.07) is 0. The summed E-state index contributed by atoms with van der Waals surface area (Å²) in [6.07, 6.45) is 0. The molecule has 0 aromatic rings. The van der Waals surface area contributed by atoms with Gasteiger partial charge >= 0.3 is 11.9 Å². The molecule has 2 amide bonds. The smallest absolute Gasteiger partial charge is 0.332 e. The van der Waals surface area contributed by atoms with Gasteiger partial charge in [-0.05, 0) is 6.92 Å². The molecule has 1 N–H and O–H groups in total. The van der Waals surface area contributed by atoms with E-state index in [1.54, 1.807) is 16.7 Å². The van der Waals surface area contributed by atoms with Crippen LogP contribution in [-0.2, 0) is 33.4 Å². The number of nitrogens with zero attached hydrogens (tertiary/aromatic N) is 2. The number of hydrogen-bond donors (Lipinski definition) is 1. The maximum atomic E-state index is 12.4. The fourth-order valence-electron chi connectivity index (χ4n) is 2.29. The van der Waals surface area contributed by atoms with Gasteiger partial charge in [-0.1, -0.05) is 24.0 Å². The predicted molar refractivity (Wildman–Crippen MR) is 110 cm³/mol. The molecule has 29 heavy (non-hydrogen) atoms. The molecule has 1 rings (SSSR count). The van der Waals surface area contributed by atoms with E-state index in [0.717, 1.165) is 5.75 Å². The van der Waals surface area contributed by atoms with Gasteiger partial charge in [0, 0.05) is 38.9 Å². The fourth-order valence-corrected chi connectivity index (χ4v) is 3.53. The number of nitrogens with one attached hydrogen (secondary N) is 1. The molecule has 1 heterocycles. The van der Waals surface area contributed by atoms with Crippen LogP contribution in [0.5, 0.6) is 0 Å². The van der Waals surface area contributed by atoms with Crippen molar-refractivity contribution in [2.75, 3.05) is 64.9 Å². The van der Waals surface area contributed by atoms with Gasteiger partial charge in [-0.2, -0.15) is 0 Å². The third-order valence-corrected chi connectivity index (χ3v) is 5.06. The van der Waals surface area contributed by atoms with Crippen molar-refractivity contribution in [2.45, 2.75) is 13.8 Å². The van der Waals surface area contributed by atoms with E-state index >= 15 is 0 Å². The summed E-state index contributed by atoms with van der Waals surface area (Å²) in [5, 5.41) is 2.54. The van der Waals surface area contributed by atoms with Crippen LogP contribution in [0.1, 0.15) is 13.8 Å². The normalized spacial score (nSPS) is 13.5. The van der Waals surface area contributed by atoms with E-state index in [1.807, 2.05) is 0 Å². The van der Waals surface area contributed by atoms with E-state index in [4.69, 9.17) is 26.4 Å². The highest BCUT2D eigenvalue weighted by molar-refractivity contribution is 8.23. The molecule has 12 heteroatoms. The molecular formula is C17H27N3O7S2. The average Bonchev–Trinajstić information content (AvgIpc) is 3.07. The van der Waals surface area contributed by atoms with Gasteiger partial charge in [-0.3, -0.25) is 24.2 Å². The van der Waals surface area contributed by atoms with E-state index in [1.165, 1.54) is 18.7 Å². The van der Waals surface area contributed by atoms with Crippen LogP contribution in [-0.4, -0.2) is 103 Å². The monoisotopic (exact) mass is 449 g/mol. The van der Waals surface area contributed by atoms with Crippen molar-refractivity contribution in [2.24, 2.45) is 0 Å². The van der Waals surface area contributed by atoms with Crippen LogP contribution in [0.3, 0.4) is 0 Å². The molecule has 0 unspecified atom stereocenters. The Kier molecular flexibility index (Phi) is 12.4. The molecule has 0 spiro atoms. The Morgan fingerprint density at radius 3 is 2.45 bits per heavy atom. The Morgan fingerprint density at radius 2 is 1.86 bits per heavy atom. The molecule has 1 fully saturated rings. The van der Waals surface area contributed by atoms with Gasteiger partial charge < -0.3 is 19.5 Å². The fraction of sp³-hybridized carbons (Fsp3) is 0.706. The summed E-state index contributed by atoms with van der Waals surface area (Å²) < 4.78 is 15.5. The first-order valence-corrected chi connectivity index (χ1v) is 10.6. The number of hydrogen-bond acceptors (Lipinski definition) is 10. The second kappa shape index (κ2) is 14.3. The Hall–Kier alpha value is -1.76. The molecule has 0 atom stereocenters. The van der Waals surface area contributed by atoms with Gasteiger partial charge in [0.25, 0.3) is 0 Å². The third kappa shape index (κ3) is 11.1. The van der Waals surface area contributed by atoms with Crippen molar-refractivity contribution in [3.05, 3.63) is 0 Å². The average molecular weight is 450 g/mol. The lowest BCUT2D eigenvalue weighted by atomic mass is 10.4. The van der Waals surface area contributed by atoms with Gasteiger partial charge in [-0.15, -0.1) is 0 Å². The van der Waals surface area contributed by atoms with Gasteiger partial charge in [-0.25, -0.2) is 4.79 Å². The van der Waals surface area contributed by atoms with Gasteiger partial charge in [0.05, 0.1) is 6.54 Å². The highest BCUT2D eigenvalue weighted by Gasteiger charge is 2.25. The van der Waals surface area contributed by atoms with E-state index in [0.29, 0.717) is 24.0 Å². The molecule has 0 aromatic carbocycles. The number of esters is 2. The van der Waals surface area contributed by atoms with E-state index in [-0.39, 0.29) is 51.3 Å². The number of thioether (sulfide) groups is 1. The molecule has 0 radical (unpaired) electrons. The topological polar surface area (TPSA) is 114 Å². The number of ether oxygens (including phenoxy) is 3. The van der Waals surface area contributed by atoms with Crippen LogP contribution in [0.15, 0.2) is 0 Å². The van der Waals surface area contributed by atoms with Crippen LogP contribution >= 0.6 is 24.0 Å². The van der Waals surface area contributed by atoms with E-state index in [2.05, 4.69) is 5.32 Å². The lowest BCUT2D eigenvalue weighted by Crippen LogP contribution is -2.43. The molecule has 1 saturated heterocycles. The summed E-state index contributed by atoms with van der Waals surface area (Å²) in [5.41, 5.74) is 0. The minimum Gasteiger partial charge on any atom is -0.465 e. The Bertz CT molecular complexity index is 604. The van der Waals surface area contributed by atoms with Gasteiger partial charge in [0.15, 0.2) is 0 Å². The minimum atomic E-state index is -0.613. The number of likely N-dealkylation sites (N-methyl/N-ethyl adjacent to an activating group) is 1. The predicted octanol–water partition coefficient (Wildman–Crippen LogP) is -0.592. The van der Waals surface area contributed by atoms with Crippen LogP contribution in [0.2, 0.25) is 0 Å².